The fraction of sp³-hybridized carbons (Fsp3) is 0. The number of carboxylic acids is 1. The Bertz CT molecular complexity index is 699. The van der Waals surface area contributed by atoms with E-state index in [0.717, 1.165) is 10.7 Å². The van der Waals surface area contributed by atoms with Crippen LogP contribution in [0, 0.1) is 10.7 Å². The van der Waals surface area contributed by atoms with Gasteiger partial charge in [-0.2, -0.15) is 5.10 Å². The summed E-state index contributed by atoms with van der Waals surface area (Å²) in [4.78, 5) is 22.9. The number of anilines is 1. The number of hydrogen-bond donors (Lipinski definition) is 3. The van der Waals surface area contributed by atoms with Crippen molar-refractivity contribution in [2.24, 2.45) is 0 Å². The summed E-state index contributed by atoms with van der Waals surface area (Å²) in [6, 6.07) is 5.01. The molecule has 0 atom stereocenters. The highest BCUT2D eigenvalue weighted by atomic mass is 127. The maximum absolute atomic E-state index is 12.2. The van der Waals surface area contributed by atoms with Crippen LogP contribution in [0.4, 0.5) is 5.82 Å². The molecule has 1 amide bonds. The summed E-state index contributed by atoms with van der Waals surface area (Å²) in [5.74, 6) is -1.28. The van der Waals surface area contributed by atoms with E-state index >= 15 is 0 Å². The topological polar surface area (TPSA) is 95.1 Å². The number of carboxylic acid groups (broad SMARTS) is 1. The number of aromatic amines is 1. The van der Waals surface area contributed by atoms with Crippen molar-refractivity contribution in [1.29, 1.82) is 0 Å². The van der Waals surface area contributed by atoms with Gasteiger partial charge in [-0.15, -0.1) is 0 Å². The van der Waals surface area contributed by atoms with Gasteiger partial charge in [-0.1, -0.05) is 0 Å². The van der Waals surface area contributed by atoms with Gasteiger partial charge in [0.15, 0.2) is 5.82 Å². The molecular formula is C11H6I3N3O3. The summed E-state index contributed by atoms with van der Waals surface area (Å²) in [7, 11) is 0. The molecule has 0 aliphatic rings. The van der Waals surface area contributed by atoms with E-state index in [1.54, 1.807) is 6.07 Å². The average molecular weight is 609 g/mol. The number of H-pyrrole nitrogens is 1. The van der Waals surface area contributed by atoms with E-state index in [1.807, 2.05) is 6.07 Å². The Morgan fingerprint density at radius 1 is 1.20 bits per heavy atom. The summed E-state index contributed by atoms with van der Waals surface area (Å²) in [5.41, 5.74) is 0.453. The summed E-state index contributed by atoms with van der Waals surface area (Å²) < 4.78 is 2.77. The van der Waals surface area contributed by atoms with E-state index in [9.17, 15) is 9.59 Å². The molecule has 1 heterocycles. The monoisotopic (exact) mass is 609 g/mol. The van der Waals surface area contributed by atoms with Crippen LogP contribution in [0.3, 0.4) is 0 Å². The maximum Gasteiger partial charge on any atom is 0.353 e. The number of carbonyl (C=O) groups is 2. The lowest BCUT2D eigenvalue weighted by atomic mass is 10.2. The largest absolute Gasteiger partial charge is 0.477 e. The molecule has 0 fully saturated rings. The maximum atomic E-state index is 12.2. The Hall–Kier alpha value is -0.440. The van der Waals surface area contributed by atoms with Gasteiger partial charge in [0.2, 0.25) is 0 Å². The van der Waals surface area contributed by atoms with Gasteiger partial charge in [-0.25, -0.2) is 4.79 Å². The van der Waals surface area contributed by atoms with E-state index in [0.29, 0.717) is 5.56 Å². The van der Waals surface area contributed by atoms with Crippen LogP contribution in [0.1, 0.15) is 20.8 Å². The van der Waals surface area contributed by atoms with Crippen molar-refractivity contribution in [3.8, 4) is 0 Å². The molecule has 0 aliphatic carbocycles. The number of amides is 1. The van der Waals surface area contributed by atoms with Gasteiger partial charge in [0.1, 0.15) is 5.69 Å². The van der Waals surface area contributed by atoms with Crippen LogP contribution in [-0.2, 0) is 0 Å². The standard InChI is InChI=1S/C11H6I3N3O3/c12-4-1-5(9(14)6(13)2-4)10(18)15-8-3-7(11(19)20)16-17-8/h1-3H,(H,19,20)(H2,15,16,17,18). The smallest absolute Gasteiger partial charge is 0.353 e. The van der Waals surface area contributed by atoms with Crippen molar-refractivity contribution < 1.29 is 14.7 Å². The summed E-state index contributed by atoms with van der Waals surface area (Å²) in [5, 5.41) is 17.4. The van der Waals surface area contributed by atoms with Gasteiger partial charge in [0.25, 0.3) is 5.91 Å². The minimum absolute atomic E-state index is 0.0766. The van der Waals surface area contributed by atoms with Gasteiger partial charge >= 0.3 is 5.97 Å². The first-order valence-electron chi connectivity index (χ1n) is 5.13. The van der Waals surface area contributed by atoms with E-state index in [4.69, 9.17) is 5.11 Å². The highest BCUT2D eigenvalue weighted by molar-refractivity contribution is 14.1. The molecule has 20 heavy (non-hydrogen) atoms. The molecule has 0 aliphatic heterocycles. The molecule has 104 valence electrons. The molecule has 3 N–H and O–H groups in total. The van der Waals surface area contributed by atoms with Crippen LogP contribution in [0.5, 0.6) is 0 Å². The second kappa shape index (κ2) is 6.55. The van der Waals surface area contributed by atoms with E-state index in [1.165, 1.54) is 6.07 Å². The van der Waals surface area contributed by atoms with Crippen molar-refractivity contribution >= 4 is 85.5 Å². The number of benzene rings is 1. The fourth-order valence-corrected chi connectivity index (χ4v) is 3.80. The van der Waals surface area contributed by atoms with Crippen molar-refractivity contribution in [1.82, 2.24) is 10.2 Å². The Balaban J connectivity index is 2.26. The van der Waals surface area contributed by atoms with Gasteiger partial charge in [-0.05, 0) is 79.9 Å². The predicted octanol–water partition coefficient (Wildman–Crippen LogP) is 3.17. The molecule has 2 rings (SSSR count). The third kappa shape index (κ3) is 3.60. The summed E-state index contributed by atoms with van der Waals surface area (Å²) in [6.45, 7) is 0. The van der Waals surface area contributed by atoms with Crippen LogP contribution in [-0.4, -0.2) is 27.2 Å². The van der Waals surface area contributed by atoms with Crippen LogP contribution < -0.4 is 5.32 Å². The summed E-state index contributed by atoms with van der Waals surface area (Å²) in [6.07, 6.45) is 0. The molecule has 6 nitrogen and oxygen atoms in total. The summed E-state index contributed by atoms with van der Waals surface area (Å²) >= 11 is 6.40. The van der Waals surface area contributed by atoms with Crippen LogP contribution >= 0.6 is 67.8 Å². The fourth-order valence-electron chi connectivity index (χ4n) is 1.40. The highest BCUT2D eigenvalue weighted by Crippen LogP contribution is 2.23. The van der Waals surface area contributed by atoms with Crippen molar-refractivity contribution in [2.75, 3.05) is 5.32 Å². The Labute approximate surface area is 154 Å². The zero-order chi connectivity index (χ0) is 14.9. The number of aromatic nitrogens is 2. The number of carbonyl (C=O) groups excluding carboxylic acids is 1. The molecule has 0 unspecified atom stereocenters. The first-order chi connectivity index (χ1) is 9.38. The predicted molar refractivity (Wildman–Crippen MR) is 98.1 cm³/mol. The molecule has 9 heteroatoms. The molecule has 0 saturated carbocycles. The van der Waals surface area contributed by atoms with E-state index < -0.39 is 5.97 Å². The van der Waals surface area contributed by atoms with Gasteiger partial charge in [-0.3, -0.25) is 9.89 Å². The van der Waals surface area contributed by atoms with Crippen LogP contribution in [0.15, 0.2) is 18.2 Å². The highest BCUT2D eigenvalue weighted by Gasteiger charge is 2.16. The third-order valence-corrected chi connectivity index (χ3v) is 5.96. The number of nitrogens with zero attached hydrogens (tertiary/aromatic N) is 1. The van der Waals surface area contributed by atoms with Crippen LogP contribution in [0.2, 0.25) is 0 Å². The van der Waals surface area contributed by atoms with Gasteiger partial charge in [0.05, 0.1) is 5.56 Å². The van der Waals surface area contributed by atoms with Crippen molar-refractivity contribution in [3.05, 3.63) is 40.2 Å². The SMILES string of the molecule is O=C(O)c1cc(NC(=O)c2cc(I)cc(I)c2I)n[nH]1. The molecule has 0 bridgehead atoms. The minimum atomic E-state index is -1.13. The third-order valence-electron chi connectivity index (χ3n) is 2.29. The number of halogens is 3. The van der Waals surface area contributed by atoms with Gasteiger partial charge in [0, 0.05) is 16.8 Å². The number of rotatable bonds is 3. The molecular weight excluding hydrogens is 603 g/mol. The molecule has 1 aromatic carbocycles. The first kappa shape index (κ1) is 15.9. The zero-order valence-corrected chi connectivity index (χ0v) is 16.0. The normalized spacial score (nSPS) is 10.3. The second-order valence-corrected chi connectivity index (χ2v) is 7.16. The number of hydrogen-bond acceptors (Lipinski definition) is 3. The lowest BCUT2D eigenvalue weighted by Gasteiger charge is -2.07. The molecule has 0 spiro atoms. The van der Waals surface area contributed by atoms with Gasteiger partial charge < -0.3 is 10.4 Å². The van der Waals surface area contributed by atoms with Crippen molar-refractivity contribution in [3.63, 3.8) is 0 Å². The lowest BCUT2D eigenvalue weighted by molar-refractivity contribution is 0.0690. The Kier molecular flexibility index (Phi) is 5.22. The van der Waals surface area contributed by atoms with E-state index in [-0.39, 0.29) is 17.4 Å². The minimum Gasteiger partial charge on any atom is -0.477 e. The number of nitrogens with one attached hydrogen (secondary N) is 2. The molecule has 1 aromatic heterocycles. The Morgan fingerprint density at radius 3 is 2.50 bits per heavy atom. The molecule has 2 aromatic rings. The Morgan fingerprint density at radius 2 is 1.90 bits per heavy atom. The first-order valence-corrected chi connectivity index (χ1v) is 8.36. The van der Waals surface area contributed by atoms with Crippen molar-refractivity contribution in [2.45, 2.75) is 0 Å². The number of aromatic carboxylic acids is 1. The quantitative estimate of drug-likeness (QED) is 0.369. The zero-order valence-electron chi connectivity index (χ0n) is 9.58. The lowest BCUT2D eigenvalue weighted by Crippen LogP contribution is -2.14. The molecule has 0 radical (unpaired) electrons. The van der Waals surface area contributed by atoms with E-state index in [2.05, 4.69) is 83.3 Å². The van der Waals surface area contributed by atoms with Crippen LogP contribution in [0.25, 0.3) is 0 Å². The molecule has 0 saturated heterocycles. The second-order valence-electron chi connectivity index (χ2n) is 3.68. The average Bonchev–Trinajstić information content (AvgIpc) is 2.82.